The summed E-state index contributed by atoms with van der Waals surface area (Å²) in [5.74, 6) is 1.09. The van der Waals surface area contributed by atoms with Crippen LogP contribution in [0.15, 0.2) is 76.8 Å². The van der Waals surface area contributed by atoms with Gasteiger partial charge in [0.1, 0.15) is 6.61 Å². The Labute approximate surface area is 200 Å². The molecule has 1 amide bonds. The summed E-state index contributed by atoms with van der Waals surface area (Å²) in [5.41, 5.74) is 2.62. The number of methoxy groups -OCH3 is 1. The number of benzene rings is 2. The zero-order valence-corrected chi connectivity index (χ0v) is 19.9. The fourth-order valence-corrected chi connectivity index (χ4v) is 4.88. The van der Waals surface area contributed by atoms with Gasteiger partial charge in [-0.3, -0.25) is 14.7 Å². The van der Waals surface area contributed by atoms with Crippen LogP contribution in [0.5, 0.6) is 11.5 Å². The SMILES string of the molecule is COc1cc(/C=C2/SC(=S)N(c3cccc(SC)c3)C2=O)ccc1OCc1ccncc1. The van der Waals surface area contributed by atoms with Gasteiger partial charge in [-0.05, 0) is 65.9 Å². The first-order valence-electron chi connectivity index (χ1n) is 9.71. The van der Waals surface area contributed by atoms with E-state index in [0.717, 1.165) is 21.7 Å². The van der Waals surface area contributed by atoms with Crippen LogP contribution in [0, 0.1) is 0 Å². The summed E-state index contributed by atoms with van der Waals surface area (Å²) >= 11 is 8.41. The number of hydrogen-bond acceptors (Lipinski definition) is 7. The Morgan fingerprint density at radius 2 is 1.94 bits per heavy atom. The third-order valence-electron chi connectivity index (χ3n) is 4.73. The molecule has 4 rings (SSSR count). The molecule has 8 heteroatoms. The van der Waals surface area contributed by atoms with Crippen molar-refractivity contribution in [2.45, 2.75) is 11.5 Å². The average Bonchev–Trinajstić information content (AvgIpc) is 3.11. The van der Waals surface area contributed by atoms with Crippen molar-refractivity contribution in [1.29, 1.82) is 0 Å². The van der Waals surface area contributed by atoms with Gasteiger partial charge in [0.25, 0.3) is 5.91 Å². The molecule has 2 aromatic carbocycles. The van der Waals surface area contributed by atoms with Crippen LogP contribution in [-0.4, -0.2) is 28.6 Å². The molecule has 0 atom stereocenters. The highest BCUT2D eigenvalue weighted by Crippen LogP contribution is 2.38. The summed E-state index contributed by atoms with van der Waals surface area (Å²) < 4.78 is 11.9. The van der Waals surface area contributed by atoms with Gasteiger partial charge < -0.3 is 9.47 Å². The number of nitrogens with zero attached hydrogens (tertiary/aromatic N) is 2. The summed E-state index contributed by atoms with van der Waals surface area (Å²) in [5, 5.41) is 0. The number of thioether (sulfide) groups is 2. The molecule has 0 saturated carbocycles. The van der Waals surface area contributed by atoms with E-state index < -0.39 is 0 Å². The Morgan fingerprint density at radius 1 is 1.12 bits per heavy atom. The molecule has 1 aliphatic heterocycles. The summed E-state index contributed by atoms with van der Waals surface area (Å²) in [6.07, 6.45) is 7.28. The summed E-state index contributed by atoms with van der Waals surface area (Å²) in [4.78, 5) is 20.3. The quantitative estimate of drug-likeness (QED) is 0.241. The number of anilines is 1. The smallest absolute Gasteiger partial charge is 0.270 e. The molecule has 2 heterocycles. The molecule has 0 bridgehead atoms. The number of rotatable bonds is 7. The van der Waals surface area contributed by atoms with E-state index in [1.54, 1.807) is 36.2 Å². The molecule has 0 unspecified atom stereocenters. The lowest BCUT2D eigenvalue weighted by atomic mass is 10.1. The largest absolute Gasteiger partial charge is 0.493 e. The predicted molar refractivity (Wildman–Crippen MR) is 135 cm³/mol. The zero-order valence-electron chi connectivity index (χ0n) is 17.5. The zero-order chi connectivity index (χ0) is 22.5. The van der Waals surface area contributed by atoms with E-state index in [1.165, 1.54) is 11.8 Å². The van der Waals surface area contributed by atoms with Crippen LogP contribution in [0.1, 0.15) is 11.1 Å². The van der Waals surface area contributed by atoms with Crippen molar-refractivity contribution in [3.05, 3.63) is 83.0 Å². The highest BCUT2D eigenvalue weighted by atomic mass is 32.2. The minimum atomic E-state index is -0.129. The fraction of sp³-hybridized carbons (Fsp3) is 0.125. The van der Waals surface area contributed by atoms with Crippen LogP contribution < -0.4 is 14.4 Å². The van der Waals surface area contributed by atoms with Gasteiger partial charge in [0.2, 0.25) is 0 Å². The first-order chi connectivity index (χ1) is 15.6. The summed E-state index contributed by atoms with van der Waals surface area (Å²) in [7, 11) is 1.59. The second-order valence-electron chi connectivity index (χ2n) is 6.77. The Bertz CT molecular complexity index is 1180. The van der Waals surface area contributed by atoms with Crippen LogP contribution in [0.3, 0.4) is 0 Å². The van der Waals surface area contributed by atoms with Crippen molar-refractivity contribution >= 4 is 57.7 Å². The van der Waals surface area contributed by atoms with Crippen molar-refractivity contribution in [2.75, 3.05) is 18.3 Å². The van der Waals surface area contributed by atoms with Crippen molar-refractivity contribution in [1.82, 2.24) is 4.98 Å². The molecule has 0 aliphatic carbocycles. The highest BCUT2D eigenvalue weighted by Gasteiger charge is 2.33. The first-order valence-corrected chi connectivity index (χ1v) is 12.2. The maximum absolute atomic E-state index is 13.1. The molecule has 1 saturated heterocycles. The van der Waals surface area contributed by atoms with Gasteiger partial charge in [0, 0.05) is 17.3 Å². The number of thiocarbonyl (C=S) groups is 1. The van der Waals surface area contributed by atoms with E-state index in [4.69, 9.17) is 21.7 Å². The molecule has 1 aliphatic rings. The fourth-order valence-electron chi connectivity index (χ4n) is 3.12. The lowest BCUT2D eigenvalue weighted by Crippen LogP contribution is -2.27. The van der Waals surface area contributed by atoms with E-state index in [9.17, 15) is 4.79 Å². The molecular formula is C24H20N2O3S3. The Balaban J connectivity index is 1.54. The highest BCUT2D eigenvalue weighted by molar-refractivity contribution is 8.27. The van der Waals surface area contributed by atoms with Crippen LogP contribution in [0.25, 0.3) is 6.08 Å². The van der Waals surface area contributed by atoms with Gasteiger partial charge in [0.15, 0.2) is 15.8 Å². The van der Waals surface area contributed by atoms with E-state index in [2.05, 4.69) is 4.98 Å². The Kier molecular flexibility index (Phi) is 7.14. The number of carbonyl (C=O) groups is 1. The number of hydrogen-bond donors (Lipinski definition) is 0. The molecule has 5 nitrogen and oxygen atoms in total. The number of ether oxygens (including phenoxy) is 2. The van der Waals surface area contributed by atoms with Gasteiger partial charge in [0.05, 0.1) is 17.7 Å². The average molecular weight is 481 g/mol. The number of pyridine rings is 1. The van der Waals surface area contributed by atoms with Gasteiger partial charge in [-0.15, -0.1) is 11.8 Å². The van der Waals surface area contributed by atoms with Crippen LogP contribution in [0.2, 0.25) is 0 Å². The molecule has 162 valence electrons. The Morgan fingerprint density at radius 3 is 2.69 bits per heavy atom. The molecule has 0 N–H and O–H groups in total. The number of amides is 1. The molecular weight excluding hydrogens is 460 g/mol. The molecule has 3 aromatic rings. The lowest BCUT2D eigenvalue weighted by Gasteiger charge is -2.15. The van der Waals surface area contributed by atoms with Gasteiger partial charge in [-0.25, -0.2) is 0 Å². The standard InChI is InChI=1S/C24H20N2O3S3/c1-28-21-12-17(6-7-20(21)29-15-16-8-10-25-11-9-16)13-22-23(27)26(24(30)32-22)18-4-3-5-19(14-18)31-2/h3-14H,15H2,1-2H3/b22-13+. The normalized spacial score (nSPS) is 14.8. The third-order valence-corrected chi connectivity index (χ3v) is 6.76. The molecule has 32 heavy (non-hydrogen) atoms. The third kappa shape index (κ3) is 4.98. The van der Waals surface area contributed by atoms with Crippen molar-refractivity contribution < 1.29 is 14.3 Å². The lowest BCUT2D eigenvalue weighted by molar-refractivity contribution is -0.113. The predicted octanol–water partition coefficient (Wildman–Crippen LogP) is 5.80. The van der Waals surface area contributed by atoms with Crippen LogP contribution in [0.4, 0.5) is 5.69 Å². The minimum absolute atomic E-state index is 0.129. The summed E-state index contributed by atoms with van der Waals surface area (Å²) in [6, 6.07) is 17.2. The van der Waals surface area contributed by atoms with Crippen LogP contribution >= 0.6 is 35.7 Å². The first kappa shape index (κ1) is 22.4. The van der Waals surface area contributed by atoms with E-state index in [1.807, 2.05) is 66.9 Å². The number of aromatic nitrogens is 1. The second kappa shape index (κ2) is 10.2. The Hall–Kier alpha value is -2.81. The summed E-state index contributed by atoms with van der Waals surface area (Å²) in [6.45, 7) is 0.409. The molecule has 1 fully saturated rings. The number of carbonyl (C=O) groups excluding carboxylic acids is 1. The minimum Gasteiger partial charge on any atom is -0.493 e. The van der Waals surface area contributed by atoms with E-state index in [-0.39, 0.29) is 5.91 Å². The monoisotopic (exact) mass is 480 g/mol. The topological polar surface area (TPSA) is 51.7 Å². The van der Waals surface area contributed by atoms with E-state index in [0.29, 0.717) is 27.3 Å². The van der Waals surface area contributed by atoms with Crippen molar-refractivity contribution in [2.24, 2.45) is 0 Å². The molecule has 1 aromatic heterocycles. The maximum Gasteiger partial charge on any atom is 0.270 e. The second-order valence-corrected chi connectivity index (χ2v) is 9.33. The molecule has 0 radical (unpaired) electrons. The van der Waals surface area contributed by atoms with Crippen LogP contribution in [-0.2, 0) is 11.4 Å². The van der Waals surface area contributed by atoms with Gasteiger partial charge >= 0.3 is 0 Å². The van der Waals surface area contributed by atoms with E-state index >= 15 is 0 Å². The molecule has 0 spiro atoms. The van der Waals surface area contributed by atoms with Crippen molar-refractivity contribution in [3.63, 3.8) is 0 Å². The van der Waals surface area contributed by atoms with Gasteiger partial charge in [-0.1, -0.05) is 36.1 Å². The maximum atomic E-state index is 13.1. The van der Waals surface area contributed by atoms with Gasteiger partial charge in [-0.2, -0.15) is 0 Å². The van der Waals surface area contributed by atoms with Crippen molar-refractivity contribution in [3.8, 4) is 11.5 Å².